The summed E-state index contributed by atoms with van der Waals surface area (Å²) in [5, 5.41) is 0. The number of aromatic nitrogens is 2. The summed E-state index contributed by atoms with van der Waals surface area (Å²) in [6.45, 7) is 6.46. The highest BCUT2D eigenvalue weighted by Crippen LogP contribution is 2.37. The van der Waals surface area contributed by atoms with Gasteiger partial charge in [-0.2, -0.15) is 4.98 Å². The molecule has 27 heavy (non-hydrogen) atoms. The number of hydrogen-bond acceptors (Lipinski definition) is 7. The highest BCUT2D eigenvalue weighted by Gasteiger charge is 2.39. The Kier molecular flexibility index (Phi) is 6.10. The maximum Gasteiger partial charge on any atom is 0.351 e. The van der Waals surface area contributed by atoms with E-state index in [0.717, 1.165) is 30.0 Å². The van der Waals surface area contributed by atoms with Crippen LogP contribution in [0.4, 0.5) is 10.2 Å². The molecule has 0 bridgehead atoms. The van der Waals surface area contributed by atoms with Crippen LogP contribution in [0.1, 0.15) is 46.3 Å². The van der Waals surface area contributed by atoms with Gasteiger partial charge in [0.1, 0.15) is 12.3 Å². The van der Waals surface area contributed by atoms with Crippen molar-refractivity contribution in [2.75, 3.05) is 11.5 Å². The van der Waals surface area contributed by atoms with Crippen molar-refractivity contribution in [1.29, 1.82) is 0 Å². The average Bonchev–Trinajstić information content (AvgIpc) is 3.08. The Bertz CT molecular complexity index is 757. The maximum absolute atomic E-state index is 13.6. The van der Waals surface area contributed by atoms with E-state index in [9.17, 15) is 14.0 Å². The number of halogens is 1. The van der Waals surface area contributed by atoms with Crippen molar-refractivity contribution in [3.8, 4) is 0 Å². The Morgan fingerprint density at radius 3 is 2.93 bits per heavy atom. The Morgan fingerprint density at radius 1 is 1.48 bits per heavy atom. The molecule has 7 nitrogen and oxygen atoms in total. The number of thioether (sulfide) groups is 1. The van der Waals surface area contributed by atoms with E-state index in [2.05, 4.69) is 25.8 Å². The molecule has 1 saturated carbocycles. The molecule has 0 amide bonds. The monoisotopic (exact) mass is 399 g/mol. The van der Waals surface area contributed by atoms with Gasteiger partial charge in [0.15, 0.2) is 11.6 Å². The fourth-order valence-electron chi connectivity index (χ4n) is 3.78. The Hall–Kier alpha value is -1.61. The standard InChI is InChI=1S/C18H26FN3O4S/c1-9(2)11-5-4-10(3)6-13(11)25-16(23)17-26-14(8-27-17)22-7-12(19)15(20)21-18(22)24/h7,9-11,13-14,17H,4-6,8H2,1-3H3,(H2,20,21,24)/t10-,11?,13?,14+,17+/m0/s1. The third-order valence-electron chi connectivity index (χ3n) is 5.34. The van der Waals surface area contributed by atoms with E-state index in [1.54, 1.807) is 0 Å². The fourth-order valence-corrected chi connectivity index (χ4v) is 4.76. The van der Waals surface area contributed by atoms with Crippen LogP contribution in [0, 0.1) is 23.6 Å². The lowest BCUT2D eigenvalue weighted by molar-refractivity contribution is -0.166. The molecule has 150 valence electrons. The Balaban J connectivity index is 1.65. The molecule has 2 fully saturated rings. The van der Waals surface area contributed by atoms with Gasteiger partial charge in [-0.15, -0.1) is 11.8 Å². The van der Waals surface area contributed by atoms with Gasteiger partial charge in [0.2, 0.25) is 5.44 Å². The number of hydrogen-bond donors (Lipinski definition) is 1. The summed E-state index contributed by atoms with van der Waals surface area (Å²) in [6.07, 6.45) is 3.09. The van der Waals surface area contributed by atoms with Crippen LogP contribution < -0.4 is 11.4 Å². The molecular formula is C18H26FN3O4S. The molecular weight excluding hydrogens is 373 g/mol. The van der Waals surface area contributed by atoms with Crippen molar-refractivity contribution in [3.05, 3.63) is 22.5 Å². The number of carbonyl (C=O) groups excluding carboxylic acids is 1. The van der Waals surface area contributed by atoms with Gasteiger partial charge >= 0.3 is 11.7 Å². The number of nitrogens with two attached hydrogens (primary N) is 1. The summed E-state index contributed by atoms with van der Waals surface area (Å²) in [7, 11) is 0. The van der Waals surface area contributed by atoms with Gasteiger partial charge in [-0.3, -0.25) is 4.57 Å². The normalized spacial score (nSPS) is 31.2. The van der Waals surface area contributed by atoms with Crippen LogP contribution in [0.15, 0.2) is 11.0 Å². The summed E-state index contributed by atoms with van der Waals surface area (Å²) in [5.41, 5.74) is 3.74. The van der Waals surface area contributed by atoms with E-state index < -0.39 is 35.0 Å². The van der Waals surface area contributed by atoms with Crippen LogP contribution in [-0.2, 0) is 14.3 Å². The molecule has 1 saturated heterocycles. The van der Waals surface area contributed by atoms with E-state index in [0.29, 0.717) is 23.5 Å². The molecule has 3 rings (SSSR count). The Morgan fingerprint density at radius 2 is 2.22 bits per heavy atom. The van der Waals surface area contributed by atoms with E-state index in [-0.39, 0.29) is 6.10 Å². The molecule has 1 aromatic heterocycles. The van der Waals surface area contributed by atoms with Crippen LogP contribution in [0.3, 0.4) is 0 Å². The second-order valence-electron chi connectivity index (χ2n) is 7.72. The molecule has 2 heterocycles. The third-order valence-corrected chi connectivity index (χ3v) is 6.42. The van der Waals surface area contributed by atoms with Gasteiger partial charge in [0.05, 0.1) is 6.20 Å². The molecule has 2 unspecified atom stereocenters. The van der Waals surface area contributed by atoms with Crippen LogP contribution in [0.5, 0.6) is 0 Å². The summed E-state index contributed by atoms with van der Waals surface area (Å²) in [6, 6.07) is 0. The lowest BCUT2D eigenvalue weighted by atomic mass is 9.75. The highest BCUT2D eigenvalue weighted by molar-refractivity contribution is 8.00. The number of esters is 1. The Labute approximate surface area is 161 Å². The largest absolute Gasteiger partial charge is 0.459 e. The number of rotatable bonds is 4. The molecule has 1 aromatic rings. The molecule has 2 aliphatic rings. The van der Waals surface area contributed by atoms with Crippen molar-refractivity contribution < 1.29 is 18.7 Å². The van der Waals surface area contributed by atoms with Crippen molar-refractivity contribution in [2.24, 2.45) is 17.8 Å². The first-order valence-corrected chi connectivity index (χ1v) is 10.3. The topological polar surface area (TPSA) is 96.4 Å². The molecule has 9 heteroatoms. The molecule has 2 N–H and O–H groups in total. The van der Waals surface area contributed by atoms with Gasteiger partial charge in [-0.1, -0.05) is 27.2 Å². The number of nitrogen functional groups attached to an aromatic ring is 1. The molecule has 0 aromatic carbocycles. The summed E-state index contributed by atoms with van der Waals surface area (Å²) < 4.78 is 26.1. The zero-order valence-corrected chi connectivity index (χ0v) is 16.6. The number of ether oxygens (including phenoxy) is 2. The van der Waals surface area contributed by atoms with E-state index in [1.165, 1.54) is 11.8 Å². The zero-order valence-electron chi connectivity index (χ0n) is 15.8. The quantitative estimate of drug-likeness (QED) is 0.777. The van der Waals surface area contributed by atoms with Crippen LogP contribution in [-0.4, -0.2) is 32.8 Å². The third kappa shape index (κ3) is 4.45. The van der Waals surface area contributed by atoms with Gasteiger partial charge in [-0.05, 0) is 30.6 Å². The number of anilines is 1. The first-order chi connectivity index (χ1) is 12.8. The highest BCUT2D eigenvalue weighted by atomic mass is 32.2. The molecule has 5 atom stereocenters. The molecule has 1 aliphatic carbocycles. The van der Waals surface area contributed by atoms with Crippen LogP contribution in [0.2, 0.25) is 0 Å². The average molecular weight is 399 g/mol. The first-order valence-electron chi connectivity index (χ1n) is 9.28. The second-order valence-corrected chi connectivity index (χ2v) is 8.82. The first kappa shape index (κ1) is 20.1. The minimum atomic E-state index is -0.840. The van der Waals surface area contributed by atoms with Gasteiger partial charge < -0.3 is 15.2 Å². The van der Waals surface area contributed by atoms with Crippen molar-refractivity contribution in [1.82, 2.24) is 9.55 Å². The number of carbonyl (C=O) groups is 1. The zero-order chi connectivity index (χ0) is 19.7. The summed E-state index contributed by atoms with van der Waals surface area (Å²) in [4.78, 5) is 28.0. The van der Waals surface area contributed by atoms with E-state index >= 15 is 0 Å². The lowest BCUT2D eigenvalue weighted by Crippen LogP contribution is -2.38. The SMILES string of the molecule is CC(C)C1CC[C@H](C)CC1OC(=O)[C@@H]1O[C@@H](n2cc(F)c(N)nc2=O)CS1. The van der Waals surface area contributed by atoms with Crippen molar-refractivity contribution >= 4 is 23.5 Å². The minimum Gasteiger partial charge on any atom is -0.459 e. The number of nitrogens with zero attached hydrogens (tertiary/aromatic N) is 2. The smallest absolute Gasteiger partial charge is 0.351 e. The predicted octanol–water partition coefficient (Wildman–Crippen LogP) is 2.56. The van der Waals surface area contributed by atoms with Gasteiger partial charge in [0, 0.05) is 5.75 Å². The fraction of sp³-hybridized carbons (Fsp3) is 0.722. The second kappa shape index (κ2) is 8.18. The minimum absolute atomic E-state index is 0.122. The maximum atomic E-state index is 13.6. The van der Waals surface area contributed by atoms with E-state index in [4.69, 9.17) is 15.2 Å². The lowest BCUT2D eigenvalue weighted by Gasteiger charge is -2.37. The molecule has 0 radical (unpaired) electrons. The molecule has 1 aliphatic heterocycles. The van der Waals surface area contributed by atoms with E-state index in [1.807, 2.05) is 0 Å². The van der Waals surface area contributed by atoms with Crippen LogP contribution >= 0.6 is 11.8 Å². The summed E-state index contributed by atoms with van der Waals surface area (Å²) in [5.74, 6) is -0.0872. The van der Waals surface area contributed by atoms with Gasteiger partial charge in [-0.25, -0.2) is 14.0 Å². The summed E-state index contributed by atoms with van der Waals surface area (Å²) >= 11 is 1.23. The predicted molar refractivity (Wildman–Crippen MR) is 100 cm³/mol. The van der Waals surface area contributed by atoms with Crippen molar-refractivity contribution in [3.63, 3.8) is 0 Å². The van der Waals surface area contributed by atoms with Crippen molar-refractivity contribution in [2.45, 2.75) is 57.8 Å². The van der Waals surface area contributed by atoms with Crippen LogP contribution in [0.25, 0.3) is 0 Å². The molecule has 0 spiro atoms. The van der Waals surface area contributed by atoms with Gasteiger partial charge in [0.25, 0.3) is 0 Å².